The second-order valence-electron chi connectivity index (χ2n) is 13.9. The second-order valence-corrected chi connectivity index (χ2v) is 13.9. The van der Waals surface area contributed by atoms with Crippen molar-refractivity contribution >= 4 is 17.4 Å². The van der Waals surface area contributed by atoms with Crippen LogP contribution < -0.4 is 5.73 Å². The standard InChI is InChI=1S/C33H42F3N3O7/c1-38(2)27-22-9-18-8-20-25(29(42)24(18)30(43)32(22,45-3)11-21(28(27)41)31(37)44)23(40)10-19(26(20)33(34,35)36)14-39(12-16-4-5-16)13-17-6-7-46-15-17/h10,16-18,22,27,40-42H,4-9,11-15H2,1-3H3,(H2,37,44)/t17?,18-,22-,27-,32-/m0/s1. The van der Waals surface area contributed by atoms with Crippen LogP contribution in [0.1, 0.15) is 54.4 Å². The number of aromatic hydroxyl groups is 1. The molecule has 0 radical (unpaired) electrons. The Kier molecular flexibility index (Phi) is 8.44. The molecule has 5 aliphatic rings. The fraction of sp³-hybridized carbons (Fsp3) is 0.636. The van der Waals surface area contributed by atoms with Crippen molar-refractivity contribution in [1.29, 1.82) is 0 Å². The predicted octanol–water partition coefficient (Wildman–Crippen LogP) is 3.71. The number of methoxy groups -OCH3 is 1. The lowest BCUT2D eigenvalue weighted by molar-refractivity contribution is -0.157. The highest BCUT2D eigenvalue weighted by Crippen LogP contribution is 2.55. The number of nitrogens with two attached hydrogens (primary N) is 1. The summed E-state index contributed by atoms with van der Waals surface area (Å²) in [5.41, 5.74) is 1.86. The first kappa shape index (κ1) is 32.8. The number of phenols is 1. The fourth-order valence-corrected chi connectivity index (χ4v) is 8.45. The van der Waals surface area contributed by atoms with Crippen LogP contribution >= 0.6 is 0 Å². The molecule has 3 fully saturated rings. The van der Waals surface area contributed by atoms with Crippen molar-refractivity contribution in [2.75, 3.05) is 47.5 Å². The van der Waals surface area contributed by atoms with E-state index in [0.29, 0.717) is 32.2 Å². The molecule has 1 saturated heterocycles. The lowest BCUT2D eigenvalue weighted by atomic mass is 9.57. The monoisotopic (exact) mass is 649 g/mol. The van der Waals surface area contributed by atoms with E-state index in [0.717, 1.165) is 25.3 Å². The smallest absolute Gasteiger partial charge is 0.417 e. The first-order chi connectivity index (χ1) is 21.7. The number of likely N-dealkylation sites (N-methyl/N-ethyl adjacent to an activating group) is 1. The van der Waals surface area contributed by atoms with Gasteiger partial charge >= 0.3 is 6.18 Å². The summed E-state index contributed by atoms with van der Waals surface area (Å²) in [6.07, 6.45) is -2.48. The lowest BCUT2D eigenvalue weighted by Gasteiger charge is -2.53. The number of hydrogen-bond donors (Lipinski definition) is 4. The number of alkyl halides is 3. The Labute approximate surface area is 265 Å². The summed E-state index contributed by atoms with van der Waals surface area (Å²) in [4.78, 5) is 30.3. The highest BCUT2D eigenvalue weighted by molar-refractivity contribution is 6.10. The van der Waals surface area contributed by atoms with Crippen molar-refractivity contribution in [3.8, 4) is 5.75 Å². The summed E-state index contributed by atoms with van der Waals surface area (Å²) in [5.74, 6) is -4.22. The number of carbonyl (C=O) groups excluding carboxylic acids is 2. The van der Waals surface area contributed by atoms with Crippen molar-refractivity contribution in [2.24, 2.45) is 29.4 Å². The summed E-state index contributed by atoms with van der Waals surface area (Å²) in [7, 11) is 4.57. The Morgan fingerprint density at radius 1 is 1.15 bits per heavy atom. The number of ketones is 1. The van der Waals surface area contributed by atoms with Gasteiger partial charge in [0.05, 0.1) is 29.3 Å². The number of halogens is 3. The maximum Gasteiger partial charge on any atom is 0.417 e. The summed E-state index contributed by atoms with van der Waals surface area (Å²) < 4.78 is 56.5. The van der Waals surface area contributed by atoms with Gasteiger partial charge in [-0.1, -0.05) is 0 Å². The van der Waals surface area contributed by atoms with E-state index in [4.69, 9.17) is 15.2 Å². The number of rotatable bonds is 9. The molecule has 1 unspecified atom stereocenters. The molecule has 46 heavy (non-hydrogen) atoms. The summed E-state index contributed by atoms with van der Waals surface area (Å²) in [6.45, 7) is 2.38. The van der Waals surface area contributed by atoms with Gasteiger partial charge in [0.15, 0.2) is 5.78 Å². The Morgan fingerprint density at radius 3 is 2.41 bits per heavy atom. The minimum Gasteiger partial charge on any atom is -0.510 e. The number of Topliss-reactive ketones (excluding diaryl/α,β-unsaturated/α-hetero) is 1. The molecule has 0 spiro atoms. The third kappa shape index (κ3) is 5.48. The van der Waals surface area contributed by atoms with E-state index in [-0.39, 0.29) is 59.8 Å². The number of carbonyl (C=O) groups is 2. The van der Waals surface area contributed by atoms with Gasteiger partial charge in [-0.05, 0) is 81.1 Å². The number of amides is 1. The van der Waals surface area contributed by atoms with E-state index in [1.807, 2.05) is 4.90 Å². The van der Waals surface area contributed by atoms with Gasteiger partial charge in [0, 0.05) is 51.3 Å². The van der Waals surface area contributed by atoms with Crippen LogP contribution in [-0.4, -0.2) is 96.0 Å². The van der Waals surface area contributed by atoms with Crippen molar-refractivity contribution in [3.05, 3.63) is 45.2 Å². The number of hydrogen-bond acceptors (Lipinski definition) is 9. The van der Waals surface area contributed by atoms with Gasteiger partial charge in [-0.15, -0.1) is 0 Å². The molecule has 1 aromatic carbocycles. The minimum atomic E-state index is -4.81. The largest absolute Gasteiger partial charge is 0.510 e. The Balaban J connectivity index is 1.45. The number of aliphatic hydroxyl groups excluding tert-OH is 2. The van der Waals surface area contributed by atoms with Gasteiger partial charge in [0.2, 0.25) is 5.91 Å². The Morgan fingerprint density at radius 2 is 1.85 bits per heavy atom. The Bertz CT molecular complexity index is 1500. The van der Waals surface area contributed by atoms with E-state index in [2.05, 4.69) is 0 Å². The molecule has 4 aliphatic carbocycles. The molecule has 1 heterocycles. The molecule has 1 amide bonds. The fourth-order valence-electron chi connectivity index (χ4n) is 8.45. The third-order valence-corrected chi connectivity index (χ3v) is 10.7. The molecule has 5 N–H and O–H groups in total. The zero-order chi connectivity index (χ0) is 33.3. The van der Waals surface area contributed by atoms with Gasteiger partial charge in [-0.25, -0.2) is 0 Å². The highest BCUT2D eigenvalue weighted by Gasteiger charge is 2.61. The molecule has 10 nitrogen and oxygen atoms in total. The molecule has 0 aromatic heterocycles. The second kappa shape index (κ2) is 11.8. The van der Waals surface area contributed by atoms with Gasteiger partial charge in [0.1, 0.15) is 22.9 Å². The van der Waals surface area contributed by atoms with Gasteiger partial charge < -0.3 is 30.5 Å². The molecule has 13 heteroatoms. The maximum absolute atomic E-state index is 15.1. The van der Waals surface area contributed by atoms with Crippen molar-refractivity contribution in [3.63, 3.8) is 0 Å². The summed E-state index contributed by atoms with van der Waals surface area (Å²) in [5, 5.41) is 33.9. The van der Waals surface area contributed by atoms with Crippen LogP contribution in [0.4, 0.5) is 13.2 Å². The third-order valence-electron chi connectivity index (χ3n) is 10.7. The topological polar surface area (TPSA) is 146 Å². The summed E-state index contributed by atoms with van der Waals surface area (Å²) in [6, 6.07) is 0.170. The number of aliphatic hydroxyl groups is 2. The van der Waals surface area contributed by atoms with E-state index in [1.165, 1.54) is 7.11 Å². The molecule has 1 aliphatic heterocycles. The average Bonchev–Trinajstić information content (AvgIpc) is 3.62. The number of phenolic OH excluding ortho intramolecular Hbond substituents is 1. The Hall–Kier alpha value is -3.13. The van der Waals surface area contributed by atoms with Crippen LogP contribution in [0.25, 0.3) is 5.76 Å². The zero-order valence-corrected chi connectivity index (χ0v) is 26.3. The zero-order valence-electron chi connectivity index (χ0n) is 26.3. The van der Waals surface area contributed by atoms with E-state index in [1.54, 1.807) is 19.0 Å². The summed E-state index contributed by atoms with van der Waals surface area (Å²) >= 11 is 0. The lowest BCUT2D eigenvalue weighted by Crippen LogP contribution is -2.63. The molecule has 2 saturated carbocycles. The molecule has 0 bridgehead atoms. The number of fused-ring (bicyclic) bond motifs is 3. The normalized spacial score (nSPS) is 29.8. The molecule has 1 aromatic rings. The van der Waals surface area contributed by atoms with E-state index >= 15 is 13.2 Å². The predicted molar refractivity (Wildman–Crippen MR) is 161 cm³/mol. The van der Waals surface area contributed by atoms with Crippen LogP contribution in [-0.2, 0) is 38.2 Å². The maximum atomic E-state index is 15.1. The van der Waals surface area contributed by atoms with Crippen molar-refractivity contribution in [1.82, 2.24) is 9.80 Å². The number of benzene rings is 1. The number of ether oxygens (including phenoxy) is 2. The van der Waals surface area contributed by atoms with Gasteiger partial charge in [-0.2, -0.15) is 13.2 Å². The van der Waals surface area contributed by atoms with Gasteiger partial charge in [-0.3, -0.25) is 19.4 Å². The first-order valence-corrected chi connectivity index (χ1v) is 15.8. The molecular weight excluding hydrogens is 607 g/mol. The van der Waals surface area contributed by atoms with Crippen LogP contribution in [0, 0.1) is 23.7 Å². The molecule has 252 valence electrons. The van der Waals surface area contributed by atoms with Crippen LogP contribution in [0.5, 0.6) is 5.75 Å². The van der Waals surface area contributed by atoms with Crippen LogP contribution in [0.3, 0.4) is 0 Å². The number of primary amides is 1. The minimum absolute atomic E-state index is 0.0315. The van der Waals surface area contributed by atoms with Crippen molar-refractivity contribution in [2.45, 2.75) is 62.9 Å². The first-order valence-electron chi connectivity index (χ1n) is 15.8. The SMILES string of the molecule is CO[C@@]12CC(C(N)=O)=C(O)[C@@H](N(C)C)[C@@H]1C[C@@H]1Cc3c(c(O)cc(CN(CC4CC4)CC4CCOC4)c3C(F)(F)F)C(O)=C1C2=O. The van der Waals surface area contributed by atoms with Crippen LogP contribution in [0.15, 0.2) is 23.0 Å². The highest BCUT2D eigenvalue weighted by atomic mass is 19.4. The van der Waals surface area contributed by atoms with Gasteiger partial charge in [0.25, 0.3) is 0 Å². The molecular formula is C33H42F3N3O7. The van der Waals surface area contributed by atoms with E-state index < -0.39 is 64.0 Å². The average molecular weight is 650 g/mol. The van der Waals surface area contributed by atoms with Crippen LogP contribution in [0.2, 0.25) is 0 Å². The molecule has 5 atom stereocenters. The number of nitrogens with zero attached hydrogens (tertiary/aromatic N) is 2. The van der Waals surface area contributed by atoms with E-state index in [9.17, 15) is 24.9 Å². The quantitative estimate of drug-likeness (QED) is 0.315. The molecule has 6 rings (SSSR count). The van der Waals surface area contributed by atoms with Crippen molar-refractivity contribution < 1.29 is 47.6 Å².